The van der Waals surface area contributed by atoms with Crippen molar-refractivity contribution in [1.29, 1.82) is 0 Å². The van der Waals surface area contributed by atoms with Crippen LogP contribution in [0.1, 0.15) is 46.5 Å². The van der Waals surface area contributed by atoms with E-state index in [4.69, 9.17) is 4.74 Å². The smallest absolute Gasteiger partial charge is 0.411 e. The molecule has 3 aliphatic rings. The van der Waals surface area contributed by atoms with Crippen LogP contribution in [-0.2, 0) is 9.53 Å². The first-order valence-corrected chi connectivity index (χ1v) is 6.39. The lowest BCUT2D eigenvalue weighted by atomic mass is 9.75. The maximum Gasteiger partial charge on any atom is 0.411 e. The van der Waals surface area contributed by atoms with E-state index in [1.807, 2.05) is 20.8 Å². The number of hydrogen-bond acceptors (Lipinski definition) is 3. The second-order valence-corrected chi connectivity index (χ2v) is 6.08. The maximum absolute atomic E-state index is 12.1. The Hall–Kier alpha value is -1.06. The number of hydrogen-bond donors (Lipinski definition) is 0. The quantitative estimate of drug-likeness (QED) is 0.660. The molecule has 96 valence electrons. The molecule has 1 amide bonds. The van der Waals surface area contributed by atoms with Gasteiger partial charge in [0.1, 0.15) is 11.9 Å². The number of carbonyl (C=O) groups is 2. The second-order valence-electron chi connectivity index (χ2n) is 6.08. The van der Waals surface area contributed by atoms with Gasteiger partial charge in [0.05, 0.1) is 6.04 Å². The van der Waals surface area contributed by atoms with Crippen LogP contribution in [0.3, 0.4) is 0 Å². The summed E-state index contributed by atoms with van der Waals surface area (Å²) in [6.45, 7) is 5.55. The number of fused-ring (bicyclic) bond motifs is 3. The van der Waals surface area contributed by atoms with Crippen LogP contribution in [0.15, 0.2) is 0 Å². The van der Waals surface area contributed by atoms with Crippen LogP contribution in [0, 0.1) is 5.92 Å². The van der Waals surface area contributed by atoms with E-state index in [9.17, 15) is 9.59 Å². The van der Waals surface area contributed by atoms with Crippen LogP contribution < -0.4 is 0 Å². The predicted octanol–water partition coefficient (Wildman–Crippen LogP) is 2.36. The molecule has 0 radical (unpaired) electrons. The molecule has 2 heterocycles. The molecule has 0 N–H and O–H groups in total. The molecule has 0 spiro atoms. The summed E-state index contributed by atoms with van der Waals surface area (Å²) < 4.78 is 5.39. The topological polar surface area (TPSA) is 46.6 Å². The van der Waals surface area contributed by atoms with Gasteiger partial charge in [-0.05, 0) is 52.4 Å². The normalized spacial score (nSPS) is 32.4. The Bertz CT molecular complexity index is 313. The lowest BCUT2D eigenvalue weighted by Gasteiger charge is -2.49. The van der Waals surface area contributed by atoms with Gasteiger partial charge in [-0.2, -0.15) is 0 Å². The van der Waals surface area contributed by atoms with Crippen molar-refractivity contribution in [2.45, 2.75) is 64.1 Å². The summed E-state index contributed by atoms with van der Waals surface area (Å²) >= 11 is 0. The summed E-state index contributed by atoms with van der Waals surface area (Å²) in [5.74, 6) is 0.338. The average molecular weight is 239 g/mol. The zero-order valence-corrected chi connectivity index (χ0v) is 10.8. The van der Waals surface area contributed by atoms with Gasteiger partial charge in [0.15, 0.2) is 0 Å². The molecule has 17 heavy (non-hydrogen) atoms. The Labute approximate surface area is 102 Å². The summed E-state index contributed by atoms with van der Waals surface area (Å²) in [5, 5.41) is 0. The van der Waals surface area contributed by atoms with Crippen molar-refractivity contribution in [2.24, 2.45) is 5.92 Å². The monoisotopic (exact) mass is 239 g/mol. The Morgan fingerprint density at radius 1 is 1.24 bits per heavy atom. The minimum absolute atomic E-state index is 0.199. The van der Waals surface area contributed by atoms with Crippen molar-refractivity contribution >= 4 is 12.4 Å². The maximum atomic E-state index is 12.1. The molecule has 2 bridgehead atoms. The summed E-state index contributed by atoms with van der Waals surface area (Å²) in [6, 6.07) is -0.0672. The highest BCUT2D eigenvalue weighted by molar-refractivity contribution is 5.75. The van der Waals surface area contributed by atoms with E-state index in [2.05, 4.69) is 0 Å². The number of ether oxygens (including phenoxy) is 1. The van der Waals surface area contributed by atoms with Crippen LogP contribution in [0.2, 0.25) is 0 Å². The molecule has 2 aliphatic heterocycles. The van der Waals surface area contributed by atoms with Gasteiger partial charge in [0.2, 0.25) is 0 Å². The zero-order valence-electron chi connectivity index (χ0n) is 10.8. The number of nitrogens with zero attached hydrogens (tertiary/aromatic N) is 1. The lowest BCUT2D eigenvalue weighted by molar-refractivity contribution is -0.120. The summed E-state index contributed by atoms with van der Waals surface area (Å²) in [4.78, 5) is 25.0. The summed E-state index contributed by atoms with van der Waals surface area (Å²) in [5.41, 5.74) is -0.499. The molecule has 1 saturated carbocycles. The van der Waals surface area contributed by atoms with E-state index in [0.29, 0.717) is 5.92 Å². The van der Waals surface area contributed by atoms with Crippen molar-refractivity contribution in [1.82, 2.24) is 4.90 Å². The molecule has 2 saturated heterocycles. The lowest BCUT2D eigenvalue weighted by Crippen LogP contribution is -2.59. The average Bonchev–Trinajstić information content (AvgIpc) is 2.26. The van der Waals surface area contributed by atoms with Gasteiger partial charge >= 0.3 is 6.09 Å². The molecule has 1 aliphatic carbocycles. The summed E-state index contributed by atoms with van der Waals surface area (Å²) in [7, 11) is 0. The van der Waals surface area contributed by atoms with Crippen LogP contribution >= 0.6 is 0 Å². The van der Waals surface area contributed by atoms with Crippen LogP contribution in [0.4, 0.5) is 4.79 Å². The highest BCUT2D eigenvalue weighted by Gasteiger charge is 2.45. The van der Waals surface area contributed by atoms with Gasteiger partial charge in [-0.3, -0.25) is 4.90 Å². The fraction of sp³-hybridized carbons (Fsp3) is 0.846. The Balaban J connectivity index is 2.12. The largest absolute Gasteiger partial charge is 0.444 e. The molecule has 3 rings (SSSR count). The molecular weight excluding hydrogens is 218 g/mol. The number of aldehydes is 1. The number of carbonyl (C=O) groups excluding carboxylic acids is 2. The first kappa shape index (κ1) is 12.4. The van der Waals surface area contributed by atoms with Crippen LogP contribution in [-0.4, -0.2) is 35.0 Å². The third kappa shape index (κ3) is 2.45. The fourth-order valence-electron chi connectivity index (χ4n) is 2.95. The highest BCUT2D eigenvalue weighted by Crippen LogP contribution is 2.39. The van der Waals surface area contributed by atoms with Crippen LogP contribution in [0.5, 0.6) is 0 Å². The molecule has 4 nitrogen and oxygen atoms in total. The second kappa shape index (κ2) is 4.31. The number of amides is 1. The van der Waals surface area contributed by atoms with Crippen molar-refractivity contribution in [2.75, 3.05) is 0 Å². The van der Waals surface area contributed by atoms with Crippen molar-refractivity contribution < 1.29 is 14.3 Å². The van der Waals surface area contributed by atoms with Gasteiger partial charge in [0, 0.05) is 6.04 Å². The SMILES string of the molecule is CC(C)(C)OC(=O)N1C2CCC(CC2)[C@@H]1C=O. The van der Waals surface area contributed by atoms with Crippen molar-refractivity contribution in [3.8, 4) is 0 Å². The molecule has 3 fully saturated rings. The minimum atomic E-state index is -0.499. The highest BCUT2D eigenvalue weighted by atomic mass is 16.6. The van der Waals surface area contributed by atoms with Gasteiger partial charge in [-0.1, -0.05) is 0 Å². The van der Waals surface area contributed by atoms with Gasteiger partial charge in [-0.15, -0.1) is 0 Å². The minimum Gasteiger partial charge on any atom is -0.444 e. The fourth-order valence-corrected chi connectivity index (χ4v) is 2.95. The van der Waals surface area contributed by atoms with Gasteiger partial charge in [0.25, 0.3) is 0 Å². The van der Waals surface area contributed by atoms with E-state index in [1.54, 1.807) is 4.90 Å². The molecule has 0 aromatic heterocycles. The van der Waals surface area contributed by atoms with Crippen molar-refractivity contribution in [3.63, 3.8) is 0 Å². The molecule has 0 aromatic carbocycles. The molecule has 4 heteroatoms. The first-order chi connectivity index (χ1) is 7.92. The first-order valence-electron chi connectivity index (χ1n) is 6.39. The van der Waals surface area contributed by atoms with E-state index < -0.39 is 5.60 Å². The standard InChI is InChI=1S/C13H21NO3/c1-13(2,3)17-12(16)14-10-6-4-9(5-7-10)11(14)8-15/h8-11H,4-7H2,1-3H3/t9?,10?,11-/m0/s1. The number of rotatable bonds is 1. The number of piperidine rings is 2. The molecule has 1 atom stereocenters. The van der Waals surface area contributed by atoms with Gasteiger partial charge in [-0.25, -0.2) is 4.79 Å². The predicted molar refractivity (Wildman–Crippen MR) is 63.7 cm³/mol. The van der Waals surface area contributed by atoms with E-state index in [0.717, 1.165) is 32.0 Å². The third-order valence-electron chi connectivity index (χ3n) is 3.68. The van der Waals surface area contributed by atoms with Crippen molar-refractivity contribution in [3.05, 3.63) is 0 Å². The Kier molecular flexibility index (Phi) is 3.15. The molecule has 0 aromatic rings. The molecule has 0 unspecified atom stereocenters. The molecular formula is C13H21NO3. The Morgan fingerprint density at radius 2 is 1.82 bits per heavy atom. The van der Waals surface area contributed by atoms with Gasteiger partial charge < -0.3 is 9.53 Å². The Morgan fingerprint density at radius 3 is 2.29 bits per heavy atom. The van der Waals surface area contributed by atoms with Crippen LogP contribution in [0.25, 0.3) is 0 Å². The van der Waals surface area contributed by atoms with E-state index in [1.165, 1.54) is 0 Å². The van der Waals surface area contributed by atoms with E-state index >= 15 is 0 Å². The zero-order chi connectivity index (χ0) is 12.6. The van der Waals surface area contributed by atoms with E-state index in [-0.39, 0.29) is 18.2 Å². The summed E-state index contributed by atoms with van der Waals surface area (Å²) in [6.07, 6.45) is 4.73. The third-order valence-corrected chi connectivity index (χ3v) is 3.68.